The number of aryl methyl sites for hydroxylation is 1. The molecule has 1 aromatic heterocycles. The quantitative estimate of drug-likeness (QED) is 0.630. The SMILES string of the molecule is Cc1cccc2cc3c(nc12)N(C(=O)c1ccc(S(=O)(=O)N2CCOCC2)cc1)CC3. The Morgan fingerprint density at radius 3 is 2.52 bits per heavy atom. The van der Waals surface area contributed by atoms with Crippen LogP contribution in [0.2, 0.25) is 0 Å². The number of amides is 1. The van der Waals surface area contributed by atoms with E-state index in [9.17, 15) is 13.2 Å². The maximum absolute atomic E-state index is 13.2. The first-order valence-corrected chi connectivity index (χ1v) is 11.8. The average molecular weight is 438 g/mol. The van der Waals surface area contributed by atoms with Crippen LogP contribution in [0.1, 0.15) is 21.5 Å². The lowest BCUT2D eigenvalue weighted by atomic mass is 10.1. The third kappa shape index (κ3) is 3.50. The monoisotopic (exact) mass is 437 g/mol. The normalized spacial score (nSPS) is 17.1. The van der Waals surface area contributed by atoms with Crippen molar-refractivity contribution in [2.24, 2.45) is 0 Å². The van der Waals surface area contributed by atoms with E-state index < -0.39 is 10.0 Å². The van der Waals surface area contributed by atoms with Crippen molar-refractivity contribution in [1.82, 2.24) is 9.29 Å². The number of carbonyl (C=O) groups is 1. The second-order valence-corrected chi connectivity index (χ2v) is 9.80. The Morgan fingerprint density at radius 2 is 1.77 bits per heavy atom. The molecule has 5 rings (SSSR count). The first-order valence-electron chi connectivity index (χ1n) is 10.3. The first-order chi connectivity index (χ1) is 14.9. The maximum Gasteiger partial charge on any atom is 0.259 e. The molecule has 7 nitrogen and oxygen atoms in total. The number of ether oxygens (including phenoxy) is 1. The van der Waals surface area contributed by atoms with Gasteiger partial charge in [0.05, 0.1) is 23.6 Å². The zero-order chi connectivity index (χ0) is 21.6. The summed E-state index contributed by atoms with van der Waals surface area (Å²) in [6, 6.07) is 14.3. The summed E-state index contributed by atoms with van der Waals surface area (Å²) in [5.41, 5.74) is 3.46. The van der Waals surface area contributed by atoms with Gasteiger partial charge in [-0.1, -0.05) is 18.2 Å². The Hall–Kier alpha value is -2.81. The van der Waals surface area contributed by atoms with Crippen LogP contribution in [0, 0.1) is 6.92 Å². The van der Waals surface area contributed by atoms with E-state index in [-0.39, 0.29) is 10.8 Å². The van der Waals surface area contributed by atoms with Gasteiger partial charge in [-0.15, -0.1) is 0 Å². The number of hydrogen-bond donors (Lipinski definition) is 0. The number of sulfonamides is 1. The van der Waals surface area contributed by atoms with Crippen molar-refractivity contribution in [1.29, 1.82) is 0 Å². The number of hydrogen-bond acceptors (Lipinski definition) is 5. The number of morpholine rings is 1. The minimum atomic E-state index is -3.59. The van der Waals surface area contributed by atoms with Crippen LogP contribution in [0.15, 0.2) is 53.4 Å². The van der Waals surface area contributed by atoms with Gasteiger partial charge in [0.1, 0.15) is 5.82 Å². The number of para-hydroxylation sites is 1. The van der Waals surface area contributed by atoms with Crippen LogP contribution >= 0.6 is 0 Å². The number of fused-ring (bicyclic) bond motifs is 2. The zero-order valence-electron chi connectivity index (χ0n) is 17.2. The summed E-state index contributed by atoms with van der Waals surface area (Å²) < 4.78 is 32.3. The van der Waals surface area contributed by atoms with Crippen LogP contribution in [-0.4, -0.2) is 56.5 Å². The van der Waals surface area contributed by atoms with Crippen LogP contribution in [0.5, 0.6) is 0 Å². The van der Waals surface area contributed by atoms with Gasteiger partial charge < -0.3 is 4.74 Å². The molecule has 0 radical (unpaired) electrons. The fraction of sp³-hybridized carbons (Fsp3) is 0.304. The first kappa shape index (κ1) is 20.1. The molecule has 1 amide bonds. The number of aromatic nitrogens is 1. The van der Waals surface area contributed by atoms with Crippen LogP contribution in [0.3, 0.4) is 0 Å². The number of pyridine rings is 1. The lowest BCUT2D eigenvalue weighted by Crippen LogP contribution is -2.40. The number of benzene rings is 2. The average Bonchev–Trinajstić information content (AvgIpc) is 3.21. The van der Waals surface area contributed by atoms with Crippen LogP contribution in [-0.2, 0) is 21.2 Å². The van der Waals surface area contributed by atoms with Gasteiger partial charge in [-0.05, 0) is 54.8 Å². The van der Waals surface area contributed by atoms with Crippen LogP contribution < -0.4 is 4.90 Å². The molecular formula is C23H23N3O4S. The van der Waals surface area contributed by atoms with E-state index in [1.54, 1.807) is 17.0 Å². The van der Waals surface area contributed by atoms with Crippen molar-refractivity contribution >= 4 is 32.7 Å². The molecular weight excluding hydrogens is 414 g/mol. The summed E-state index contributed by atoms with van der Waals surface area (Å²) >= 11 is 0. The van der Waals surface area contributed by atoms with E-state index in [0.29, 0.717) is 44.2 Å². The molecule has 3 aromatic rings. The van der Waals surface area contributed by atoms with E-state index in [1.807, 2.05) is 25.1 Å². The minimum Gasteiger partial charge on any atom is -0.379 e. The van der Waals surface area contributed by atoms with E-state index in [1.165, 1.54) is 16.4 Å². The lowest BCUT2D eigenvalue weighted by molar-refractivity contribution is 0.0730. The van der Waals surface area contributed by atoms with Gasteiger partial charge >= 0.3 is 0 Å². The summed E-state index contributed by atoms with van der Waals surface area (Å²) in [6.45, 7) is 4.04. The van der Waals surface area contributed by atoms with Gasteiger partial charge in [-0.25, -0.2) is 13.4 Å². The summed E-state index contributed by atoms with van der Waals surface area (Å²) in [4.78, 5) is 19.9. The number of anilines is 1. The number of nitrogens with zero attached hydrogens (tertiary/aromatic N) is 3. The summed E-state index contributed by atoms with van der Waals surface area (Å²) in [5, 5.41) is 1.07. The largest absolute Gasteiger partial charge is 0.379 e. The highest BCUT2D eigenvalue weighted by atomic mass is 32.2. The topological polar surface area (TPSA) is 79.8 Å². The van der Waals surface area contributed by atoms with Crippen LogP contribution in [0.4, 0.5) is 5.82 Å². The van der Waals surface area contributed by atoms with Gasteiger partial charge in [0.25, 0.3) is 5.91 Å². The van der Waals surface area contributed by atoms with E-state index in [4.69, 9.17) is 9.72 Å². The molecule has 0 saturated carbocycles. The third-order valence-electron chi connectivity index (χ3n) is 5.92. The van der Waals surface area contributed by atoms with Gasteiger partial charge in [-0.2, -0.15) is 4.31 Å². The fourth-order valence-corrected chi connectivity index (χ4v) is 5.60. The van der Waals surface area contributed by atoms with E-state index in [2.05, 4.69) is 6.07 Å². The molecule has 160 valence electrons. The lowest BCUT2D eigenvalue weighted by Gasteiger charge is -2.26. The molecule has 0 aliphatic carbocycles. The summed E-state index contributed by atoms with van der Waals surface area (Å²) in [6.07, 6.45) is 0.751. The number of rotatable bonds is 3. The molecule has 0 spiro atoms. The van der Waals surface area contributed by atoms with Crippen LogP contribution in [0.25, 0.3) is 10.9 Å². The maximum atomic E-state index is 13.2. The van der Waals surface area contributed by atoms with Gasteiger partial charge in [0, 0.05) is 30.6 Å². The number of carbonyl (C=O) groups excluding carboxylic acids is 1. The predicted molar refractivity (Wildman–Crippen MR) is 118 cm³/mol. The van der Waals surface area contributed by atoms with Gasteiger partial charge in [0.2, 0.25) is 10.0 Å². The third-order valence-corrected chi connectivity index (χ3v) is 7.83. The molecule has 2 aliphatic heterocycles. The predicted octanol–water partition coefficient (Wildman–Crippen LogP) is 2.77. The smallest absolute Gasteiger partial charge is 0.259 e. The van der Waals surface area contributed by atoms with Crippen molar-refractivity contribution in [3.8, 4) is 0 Å². The molecule has 0 N–H and O–H groups in total. The molecule has 2 aromatic carbocycles. The van der Waals surface area contributed by atoms with E-state index >= 15 is 0 Å². The van der Waals surface area contributed by atoms with Crippen molar-refractivity contribution in [3.05, 3.63) is 65.2 Å². The Kier molecular flexibility index (Phi) is 5.00. The molecule has 0 atom stereocenters. The zero-order valence-corrected chi connectivity index (χ0v) is 18.1. The summed E-state index contributed by atoms with van der Waals surface area (Å²) in [5.74, 6) is 0.520. The molecule has 31 heavy (non-hydrogen) atoms. The Bertz CT molecular complexity index is 1270. The summed E-state index contributed by atoms with van der Waals surface area (Å²) in [7, 11) is -3.59. The minimum absolute atomic E-state index is 0.172. The van der Waals surface area contributed by atoms with Crippen molar-refractivity contribution in [3.63, 3.8) is 0 Å². The van der Waals surface area contributed by atoms with E-state index in [0.717, 1.165) is 28.5 Å². The molecule has 1 fully saturated rings. The standard InChI is InChI=1S/C23H23N3O4S/c1-16-3-2-4-18-15-19-9-10-26(22(19)24-21(16)18)23(27)17-5-7-20(8-6-17)31(28,29)25-11-13-30-14-12-25/h2-8,15H,9-14H2,1H3. The van der Waals surface area contributed by atoms with Gasteiger partial charge in [0.15, 0.2) is 0 Å². The highest BCUT2D eigenvalue weighted by Crippen LogP contribution is 2.31. The second kappa shape index (κ2) is 7.71. The Balaban J connectivity index is 1.42. The second-order valence-electron chi connectivity index (χ2n) is 7.87. The molecule has 1 saturated heterocycles. The van der Waals surface area contributed by atoms with Crippen molar-refractivity contribution in [2.45, 2.75) is 18.2 Å². The molecule has 0 bridgehead atoms. The fourth-order valence-electron chi connectivity index (χ4n) is 4.20. The molecule has 2 aliphatic rings. The Labute approximate surface area is 181 Å². The highest BCUT2D eigenvalue weighted by Gasteiger charge is 2.29. The van der Waals surface area contributed by atoms with Crippen molar-refractivity contribution < 1.29 is 17.9 Å². The molecule has 0 unspecified atom stereocenters. The molecule has 3 heterocycles. The highest BCUT2D eigenvalue weighted by molar-refractivity contribution is 7.89. The Morgan fingerprint density at radius 1 is 1.03 bits per heavy atom. The van der Waals surface area contributed by atoms with Gasteiger partial charge in [-0.3, -0.25) is 9.69 Å². The molecule has 8 heteroatoms. The van der Waals surface area contributed by atoms with Crippen molar-refractivity contribution in [2.75, 3.05) is 37.7 Å².